The molecule has 248 valence electrons. The maximum atomic E-state index is 13.9. The summed E-state index contributed by atoms with van der Waals surface area (Å²) in [5.74, 6) is -0.666. The monoisotopic (exact) mass is 649 g/mol. The fourth-order valence-corrected chi connectivity index (χ4v) is 7.88. The van der Waals surface area contributed by atoms with Gasteiger partial charge in [0.1, 0.15) is 12.6 Å². The second kappa shape index (κ2) is 16.2. The van der Waals surface area contributed by atoms with E-state index in [2.05, 4.69) is 22.4 Å². The summed E-state index contributed by atoms with van der Waals surface area (Å²) in [6, 6.07) is 8.58. The molecule has 11 nitrogen and oxygen atoms in total. The lowest BCUT2D eigenvalue weighted by molar-refractivity contribution is -0.158. The zero-order valence-corrected chi connectivity index (χ0v) is 27.4. The number of ketones is 1. The van der Waals surface area contributed by atoms with Gasteiger partial charge in [0.15, 0.2) is 11.0 Å². The molecule has 3 atom stereocenters. The number of hydrogen-bond acceptors (Lipinski definition) is 7. The molecule has 1 aromatic carbocycles. The van der Waals surface area contributed by atoms with Crippen molar-refractivity contribution in [2.45, 2.75) is 82.7 Å². The summed E-state index contributed by atoms with van der Waals surface area (Å²) in [4.78, 5) is 63.8. The Kier molecular flexibility index (Phi) is 11.8. The second-order valence-electron chi connectivity index (χ2n) is 13.0. The number of piperazine rings is 1. The third kappa shape index (κ3) is 8.92. The number of carbonyl (C=O) groups is 4. The van der Waals surface area contributed by atoms with Gasteiger partial charge in [0.05, 0.1) is 12.6 Å². The highest BCUT2D eigenvalue weighted by Crippen LogP contribution is 2.31. The lowest BCUT2D eigenvalue weighted by Crippen LogP contribution is -2.62. The first-order valence-electron chi connectivity index (χ1n) is 16.7. The molecule has 3 amide bonds. The molecule has 46 heavy (non-hydrogen) atoms. The van der Waals surface area contributed by atoms with Crippen LogP contribution >= 0.6 is 11.3 Å². The molecule has 0 bridgehead atoms. The molecule has 3 fully saturated rings. The molecule has 1 saturated carbocycles. The van der Waals surface area contributed by atoms with Crippen LogP contribution in [0.25, 0.3) is 0 Å². The van der Waals surface area contributed by atoms with E-state index in [1.807, 2.05) is 18.2 Å². The molecular weight excluding hydrogens is 602 g/mol. The molecule has 0 radical (unpaired) electrons. The van der Waals surface area contributed by atoms with Gasteiger partial charge in [-0.3, -0.25) is 24.6 Å². The predicted molar refractivity (Wildman–Crippen MR) is 177 cm³/mol. The van der Waals surface area contributed by atoms with Crippen LogP contribution in [0.1, 0.15) is 79.6 Å². The highest BCUT2D eigenvalue weighted by Gasteiger charge is 2.41. The molecule has 1 aromatic heterocycles. The first-order valence-corrected chi connectivity index (χ1v) is 17.6. The van der Waals surface area contributed by atoms with Crippen LogP contribution in [-0.2, 0) is 20.8 Å². The number of aryl methyl sites for hydroxylation is 1. The van der Waals surface area contributed by atoms with Gasteiger partial charge in [-0.2, -0.15) is 0 Å². The largest absolute Gasteiger partial charge is 0.370 e. The summed E-state index contributed by atoms with van der Waals surface area (Å²) in [6.07, 6.45) is 11.2. The standard InChI is InChI=1S/C34H47N7O4S/c35-34(36)40-17-8-14-26(21-40)19-27(31(44)32-37-15-18-46-32)38-29(42)22-41-28(20-25-11-5-2-6-12-25)33(45)39(23-30(41)43)16-7-13-24-9-3-1-4-10-24/h1,3-4,9-10,15,18,25-28H,2,5-8,11-14,16-17,19-23H2,(H3,35,36)(H,38,42)/t26-,27?,28-/m0/s1. The first-order chi connectivity index (χ1) is 22.3. The zero-order valence-electron chi connectivity index (χ0n) is 26.6. The van der Waals surface area contributed by atoms with Crippen molar-refractivity contribution in [1.29, 1.82) is 5.41 Å². The van der Waals surface area contributed by atoms with Gasteiger partial charge in [0, 0.05) is 31.2 Å². The highest BCUT2D eigenvalue weighted by molar-refractivity contribution is 7.11. The predicted octanol–water partition coefficient (Wildman–Crippen LogP) is 3.45. The third-order valence-corrected chi connectivity index (χ3v) is 10.5. The van der Waals surface area contributed by atoms with E-state index in [1.165, 1.54) is 28.2 Å². The number of nitrogens with one attached hydrogen (secondary N) is 2. The number of nitrogens with zero attached hydrogens (tertiary/aromatic N) is 4. The Bertz CT molecular complexity index is 1350. The van der Waals surface area contributed by atoms with E-state index in [9.17, 15) is 19.2 Å². The Morgan fingerprint density at radius 3 is 2.54 bits per heavy atom. The number of benzene rings is 1. The molecule has 2 aliphatic heterocycles. The summed E-state index contributed by atoms with van der Waals surface area (Å²) in [5, 5.41) is 12.8. The van der Waals surface area contributed by atoms with Crippen LogP contribution in [0.2, 0.25) is 0 Å². The number of Topliss-reactive ketones (excluding diaryl/α,β-unsaturated/α-hetero) is 1. The van der Waals surface area contributed by atoms with Crippen LogP contribution in [0.4, 0.5) is 0 Å². The number of guanidine groups is 1. The Balaban J connectivity index is 1.27. The van der Waals surface area contributed by atoms with E-state index in [0.717, 1.165) is 51.4 Å². The number of nitrogens with two attached hydrogens (primary N) is 1. The van der Waals surface area contributed by atoms with E-state index in [4.69, 9.17) is 11.1 Å². The number of aromatic nitrogens is 1. The Hall–Kier alpha value is -3.80. The van der Waals surface area contributed by atoms with Crippen LogP contribution in [0, 0.1) is 17.2 Å². The summed E-state index contributed by atoms with van der Waals surface area (Å²) in [5.41, 5.74) is 6.94. The smallest absolute Gasteiger partial charge is 0.245 e. The van der Waals surface area contributed by atoms with Crippen molar-refractivity contribution >= 4 is 40.8 Å². The maximum Gasteiger partial charge on any atom is 0.245 e. The van der Waals surface area contributed by atoms with Gasteiger partial charge in [-0.25, -0.2) is 4.98 Å². The van der Waals surface area contributed by atoms with Crippen molar-refractivity contribution in [3.05, 3.63) is 52.5 Å². The molecule has 2 saturated heterocycles. The fraction of sp³-hybridized carbons (Fsp3) is 0.588. The number of rotatable bonds is 13. The Morgan fingerprint density at radius 1 is 1.07 bits per heavy atom. The van der Waals surface area contributed by atoms with Crippen LogP contribution < -0.4 is 11.1 Å². The minimum atomic E-state index is -0.836. The minimum Gasteiger partial charge on any atom is -0.370 e. The molecule has 0 spiro atoms. The number of likely N-dealkylation sites (tertiary alicyclic amines) is 1. The molecular formula is C34H47N7O4S. The molecule has 5 rings (SSSR count). The lowest BCUT2D eigenvalue weighted by Gasteiger charge is -2.42. The van der Waals surface area contributed by atoms with E-state index in [0.29, 0.717) is 43.4 Å². The minimum absolute atomic E-state index is 0.00271. The molecule has 1 unspecified atom stereocenters. The van der Waals surface area contributed by atoms with Crippen LogP contribution in [-0.4, -0.2) is 94.0 Å². The SMILES string of the molecule is N=C(N)N1CCC[C@@H](CC(NC(=O)CN2C(=O)CN(CCCc3ccccc3)C(=O)[C@@H]2CC2CCCCC2)C(=O)c2nccs2)C1. The number of piperidine rings is 1. The molecule has 4 N–H and O–H groups in total. The van der Waals surface area contributed by atoms with E-state index in [1.54, 1.807) is 21.4 Å². The van der Waals surface area contributed by atoms with Crippen molar-refractivity contribution in [2.24, 2.45) is 17.6 Å². The van der Waals surface area contributed by atoms with Gasteiger partial charge in [-0.15, -0.1) is 11.3 Å². The zero-order chi connectivity index (χ0) is 32.5. The normalized spacial score (nSPS) is 21.7. The number of hydrogen-bond donors (Lipinski definition) is 3. The van der Waals surface area contributed by atoms with Gasteiger partial charge in [-0.05, 0) is 55.9 Å². The van der Waals surface area contributed by atoms with Crippen LogP contribution in [0.3, 0.4) is 0 Å². The van der Waals surface area contributed by atoms with Gasteiger partial charge >= 0.3 is 0 Å². The second-order valence-corrected chi connectivity index (χ2v) is 13.9. The van der Waals surface area contributed by atoms with Crippen molar-refractivity contribution < 1.29 is 19.2 Å². The summed E-state index contributed by atoms with van der Waals surface area (Å²) < 4.78 is 0. The van der Waals surface area contributed by atoms with Crippen LogP contribution in [0.5, 0.6) is 0 Å². The van der Waals surface area contributed by atoms with E-state index < -0.39 is 18.0 Å². The van der Waals surface area contributed by atoms with Crippen LogP contribution in [0.15, 0.2) is 41.9 Å². The van der Waals surface area contributed by atoms with Crippen molar-refractivity contribution in [3.8, 4) is 0 Å². The lowest BCUT2D eigenvalue weighted by atomic mass is 9.83. The summed E-state index contributed by atoms with van der Waals surface area (Å²) in [6.45, 7) is 1.40. The number of thiazole rings is 1. The average Bonchev–Trinajstić information content (AvgIpc) is 3.61. The molecule has 3 heterocycles. The highest BCUT2D eigenvalue weighted by atomic mass is 32.1. The molecule has 3 aliphatic rings. The quantitative estimate of drug-likeness (QED) is 0.171. The third-order valence-electron chi connectivity index (χ3n) is 9.67. The molecule has 1 aliphatic carbocycles. The van der Waals surface area contributed by atoms with Gasteiger partial charge in [0.2, 0.25) is 23.5 Å². The van der Waals surface area contributed by atoms with E-state index in [-0.39, 0.29) is 42.6 Å². The number of carbonyl (C=O) groups excluding carboxylic acids is 4. The maximum absolute atomic E-state index is 13.9. The van der Waals surface area contributed by atoms with Gasteiger partial charge in [-0.1, -0.05) is 62.4 Å². The summed E-state index contributed by atoms with van der Waals surface area (Å²) in [7, 11) is 0. The average molecular weight is 650 g/mol. The van der Waals surface area contributed by atoms with Gasteiger partial charge in [0.25, 0.3) is 0 Å². The Labute approximate surface area is 275 Å². The van der Waals surface area contributed by atoms with Crippen molar-refractivity contribution in [3.63, 3.8) is 0 Å². The van der Waals surface area contributed by atoms with Crippen molar-refractivity contribution in [2.75, 3.05) is 32.7 Å². The number of amides is 3. The van der Waals surface area contributed by atoms with Gasteiger partial charge < -0.3 is 25.8 Å². The van der Waals surface area contributed by atoms with E-state index >= 15 is 0 Å². The topological polar surface area (TPSA) is 153 Å². The molecule has 12 heteroatoms. The summed E-state index contributed by atoms with van der Waals surface area (Å²) >= 11 is 1.22. The molecule has 2 aromatic rings. The Morgan fingerprint density at radius 2 is 1.83 bits per heavy atom. The van der Waals surface area contributed by atoms with Crippen molar-refractivity contribution in [1.82, 2.24) is 25.0 Å². The fourth-order valence-electron chi connectivity index (χ4n) is 7.25. The first kappa shape index (κ1) is 33.6.